The van der Waals surface area contributed by atoms with Crippen LogP contribution in [0.2, 0.25) is 0 Å². The number of aromatic amines is 1. The molecule has 1 amide bonds. The predicted molar refractivity (Wildman–Crippen MR) is 52.7 cm³/mol. The SMILES string of the molecule is C=C(Cl)C(=O)N1CCc2cn[nH]c2C1. The van der Waals surface area contributed by atoms with Gasteiger partial charge < -0.3 is 4.90 Å². The van der Waals surface area contributed by atoms with Crippen LogP contribution in [-0.4, -0.2) is 27.5 Å². The first-order valence-electron chi connectivity index (χ1n) is 4.33. The number of halogens is 1. The molecule has 1 aromatic heterocycles. The van der Waals surface area contributed by atoms with Gasteiger partial charge >= 0.3 is 0 Å². The second kappa shape index (κ2) is 3.46. The van der Waals surface area contributed by atoms with Crippen LogP contribution in [0.3, 0.4) is 0 Å². The Morgan fingerprint density at radius 2 is 2.50 bits per heavy atom. The van der Waals surface area contributed by atoms with Crippen molar-refractivity contribution in [3.63, 3.8) is 0 Å². The van der Waals surface area contributed by atoms with Gasteiger partial charge in [0.1, 0.15) is 0 Å². The highest BCUT2D eigenvalue weighted by Crippen LogP contribution is 2.17. The summed E-state index contributed by atoms with van der Waals surface area (Å²) in [5, 5.41) is 6.85. The zero-order valence-corrected chi connectivity index (χ0v) is 8.34. The van der Waals surface area contributed by atoms with Crippen molar-refractivity contribution in [1.82, 2.24) is 15.1 Å². The van der Waals surface area contributed by atoms with Gasteiger partial charge in [0, 0.05) is 6.54 Å². The van der Waals surface area contributed by atoms with Crippen molar-refractivity contribution in [2.45, 2.75) is 13.0 Å². The molecule has 0 unspecified atom stereocenters. The molecule has 0 aliphatic carbocycles. The first-order chi connectivity index (χ1) is 6.68. The Labute approximate surface area is 86.5 Å². The van der Waals surface area contributed by atoms with Gasteiger partial charge in [0.05, 0.1) is 23.5 Å². The number of carbonyl (C=O) groups excluding carboxylic acids is 1. The molecule has 2 heterocycles. The van der Waals surface area contributed by atoms with E-state index in [-0.39, 0.29) is 10.9 Å². The number of H-pyrrole nitrogens is 1. The van der Waals surface area contributed by atoms with E-state index in [2.05, 4.69) is 16.8 Å². The van der Waals surface area contributed by atoms with Crippen molar-refractivity contribution >= 4 is 17.5 Å². The van der Waals surface area contributed by atoms with Gasteiger partial charge in [0.2, 0.25) is 0 Å². The van der Waals surface area contributed by atoms with Gasteiger partial charge in [-0.1, -0.05) is 18.2 Å². The van der Waals surface area contributed by atoms with Crippen LogP contribution in [0, 0.1) is 0 Å². The fraction of sp³-hybridized carbons (Fsp3) is 0.333. The number of carbonyl (C=O) groups is 1. The Kier molecular flexibility index (Phi) is 2.29. The van der Waals surface area contributed by atoms with Gasteiger partial charge in [-0.3, -0.25) is 9.89 Å². The molecule has 0 saturated carbocycles. The number of rotatable bonds is 1. The van der Waals surface area contributed by atoms with Gasteiger partial charge in [-0.05, 0) is 12.0 Å². The van der Waals surface area contributed by atoms with Crippen molar-refractivity contribution in [2.75, 3.05) is 6.54 Å². The van der Waals surface area contributed by atoms with E-state index in [9.17, 15) is 4.79 Å². The molecule has 0 saturated heterocycles. The van der Waals surface area contributed by atoms with Gasteiger partial charge in [0.15, 0.2) is 0 Å². The molecule has 4 nitrogen and oxygen atoms in total. The Balaban J connectivity index is 2.15. The number of hydrogen-bond acceptors (Lipinski definition) is 2. The second-order valence-corrected chi connectivity index (χ2v) is 3.71. The first-order valence-corrected chi connectivity index (χ1v) is 4.71. The summed E-state index contributed by atoms with van der Waals surface area (Å²) in [4.78, 5) is 13.2. The molecule has 0 spiro atoms. The molecular weight excluding hydrogens is 202 g/mol. The van der Waals surface area contributed by atoms with E-state index in [1.54, 1.807) is 11.1 Å². The number of fused-ring (bicyclic) bond motifs is 1. The van der Waals surface area contributed by atoms with Crippen molar-refractivity contribution in [3.05, 3.63) is 29.1 Å². The third kappa shape index (κ3) is 1.53. The summed E-state index contributed by atoms with van der Waals surface area (Å²) < 4.78 is 0. The summed E-state index contributed by atoms with van der Waals surface area (Å²) in [7, 11) is 0. The third-order valence-electron chi connectivity index (χ3n) is 2.33. The molecule has 2 rings (SSSR count). The maximum atomic E-state index is 11.5. The molecule has 0 radical (unpaired) electrons. The summed E-state index contributed by atoms with van der Waals surface area (Å²) in [6.45, 7) is 4.64. The summed E-state index contributed by atoms with van der Waals surface area (Å²) in [6, 6.07) is 0. The number of nitrogens with one attached hydrogen (secondary N) is 1. The molecule has 0 fully saturated rings. The first kappa shape index (κ1) is 9.27. The van der Waals surface area contributed by atoms with E-state index in [4.69, 9.17) is 11.6 Å². The van der Waals surface area contributed by atoms with Crippen LogP contribution in [0.25, 0.3) is 0 Å². The van der Waals surface area contributed by atoms with Crippen molar-refractivity contribution in [1.29, 1.82) is 0 Å². The molecule has 5 heteroatoms. The molecular formula is C9H10ClN3O. The van der Waals surface area contributed by atoms with Gasteiger partial charge in [-0.15, -0.1) is 0 Å². The van der Waals surface area contributed by atoms with E-state index < -0.39 is 0 Å². The zero-order valence-electron chi connectivity index (χ0n) is 7.59. The minimum Gasteiger partial charge on any atom is -0.332 e. The molecule has 14 heavy (non-hydrogen) atoms. The highest BCUT2D eigenvalue weighted by Gasteiger charge is 2.22. The normalized spacial score (nSPS) is 15.1. The second-order valence-electron chi connectivity index (χ2n) is 3.26. The maximum absolute atomic E-state index is 11.5. The summed E-state index contributed by atoms with van der Waals surface area (Å²) in [6.07, 6.45) is 2.62. The van der Waals surface area contributed by atoms with Crippen LogP contribution >= 0.6 is 11.6 Å². The minimum atomic E-state index is -0.202. The highest BCUT2D eigenvalue weighted by atomic mass is 35.5. The monoisotopic (exact) mass is 211 g/mol. The van der Waals surface area contributed by atoms with E-state index in [0.29, 0.717) is 13.1 Å². The number of nitrogens with zero attached hydrogens (tertiary/aromatic N) is 2. The molecule has 0 bridgehead atoms. The average molecular weight is 212 g/mol. The van der Waals surface area contributed by atoms with E-state index in [0.717, 1.165) is 12.1 Å². The highest BCUT2D eigenvalue weighted by molar-refractivity contribution is 6.41. The summed E-state index contributed by atoms with van der Waals surface area (Å²) >= 11 is 5.55. The van der Waals surface area contributed by atoms with Crippen molar-refractivity contribution in [2.24, 2.45) is 0 Å². The number of hydrogen-bond donors (Lipinski definition) is 1. The maximum Gasteiger partial charge on any atom is 0.265 e. The lowest BCUT2D eigenvalue weighted by Gasteiger charge is -2.25. The lowest BCUT2D eigenvalue weighted by Crippen LogP contribution is -2.35. The van der Waals surface area contributed by atoms with Gasteiger partial charge in [-0.25, -0.2) is 0 Å². The Bertz CT molecular complexity index is 385. The van der Waals surface area contributed by atoms with Gasteiger partial charge in [0.25, 0.3) is 5.91 Å². The van der Waals surface area contributed by atoms with Crippen LogP contribution in [0.4, 0.5) is 0 Å². The van der Waals surface area contributed by atoms with Crippen LogP contribution in [0.15, 0.2) is 17.8 Å². The lowest BCUT2D eigenvalue weighted by atomic mass is 10.1. The Morgan fingerprint density at radius 3 is 3.21 bits per heavy atom. The standard InChI is InChI=1S/C9H10ClN3O/c1-6(10)9(14)13-3-2-7-4-11-12-8(7)5-13/h4H,1-3,5H2,(H,11,12). The zero-order chi connectivity index (χ0) is 10.1. The average Bonchev–Trinajstić information content (AvgIpc) is 2.62. The number of amides is 1. The van der Waals surface area contributed by atoms with Crippen molar-refractivity contribution in [3.8, 4) is 0 Å². The fourth-order valence-electron chi connectivity index (χ4n) is 1.56. The van der Waals surface area contributed by atoms with Crippen LogP contribution in [-0.2, 0) is 17.8 Å². The number of aromatic nitrogens is 2. The third-order valence-corrected chi connectivity index (χ3v) is 2.49. The smallest absolute Gasteiger partial charge is 0.265 e. The van der Waals surface area contributed by atoms with E-state index in [1.807, 2.05) is 0 Å². The largest absolute Gasteiger partial charge is 0.332 e. The topological polar surface area (TPSA) is 49.0 Å². The summed E-state index contributed by atoms with van der Waals surface area (Å²) in [5.41, 5.74) is 2.16. The molecule has 0 atom stereocenters. The predicted octanol–water partition coefficient (Wildman–Crippen LogP) is 1.05. The Hall–Kier alpha value is -1.29. The van der Waals surface area contributed by atoms with E-state index in [1.165, 1.54) is 5.56 Å². The molecule has 0 aromatic carbocycles. The molecule has 1 aliphatic rings. The molecule has 1 N–H and O–H groups in total. The van der Waals surface area contributed by atoms with Crippen LogP contribution in [0.5, 0.6) is 0 Å². The quantitative estimate of drug-likeness (QED) is 0.706. The van der Waals surface area contributed by atoms with Crippen LogP contribution < -0.4 is 0 Å². The van der Waals surface area contributed by atoms with Crippen LogP contribution in [0.1, 0.15) is 11.3 Å². The molecule has 1 aromatic rings. The molecule has 1 aliphatic heterocycles. The lowest BCUT2D eigenvalue weighted by molar-refractivity contribution is -0.127. The fourth-order valence-corrected chi connectivity index (χ4v) is 1.68. The Morgan fingerprint density at radius 1 is 1.71 bits per heavy atom. The molecule has 74 valence electrons. The minimum absolute atomic E-state index is 0.0629. The van der Waals surface area contributed by atoms with Crippen molar-refractivity contribution < 1.29 is 4.79 Å². The summed E-state index contributed by atoms with van der Waals surface area (Å²) in [5.74, 6) is -0.202. The van der Waals surface area contributed by atoms with E-state index >= 15 is 0 Å². The van der Waals surface area contributed by atoms with Gasteiger partial charge in [-0.2, -0.15) is 5.10 Å².